The lowest BCUT2D eigenvalue weighted by Gasteiger charge is -2.35. The molecule has 1 N–H and O–H groups in total. The number of hydrogen-bond acceptors (Lipinski definition) is 6. The van der Waals surface area contributed by atoms with Crippen LogP contribution in [0.25, 0.3) is 0 Å². The second-order valence-electron chi connectivity index (χ2n) is 5.59. The van der Waals surface area contributed by atoms with Gasteiger partial charge < -0.3 is 14.5 Å². The molecular formula is C17H19ClN4O2. The predicted octanol–water partition coefficient (Wildman–Crippen LogP) is 2.99. The minimum atomic E-state index is 0.0551. The number of aryl methyl sites for hydroxylation is 1. The highest BCUT2D eigenvalue weighted by Gasteiger charge is 2.25. The van der Waals surface area contributed by atoms with Crippen molar-refractivity contribution in [2.45, 2.75) is 13.0 Å². The van der Waals surface area contributed by atoms with Gasteiger partial charge in [-0.1, -0.05) is 29.8 Å². The SMILES string of the molecule is Cc1nc(C#N)c(NC[C@@H](c2ccccc2Cl)N2CCOCC2)o1. The lowest BCUT2D eigenvalue weighted by atomic mass is 10.0. The van der Waals surface area contributed by atoms with E-state index in [4.69, 9.17) is 26.0 Å². The molecule has 2 aromatic rings. The van der Waals surface area contributed by atoms with E-state index in [-0.39, 0.29) is 11.7 Å². The molecule has 24 heavy (non-hydrogen) atoms. The van der Waals surface area contributed by atoms with Gasteiger partial charge in [-0.3, -0.25) is 4.90 Å². The number of ether oxygens (including phenoxy) is 1. The van der Waals surface area contributed by atoms with Crippen molar-refractivity contribution in [3.8, 4) is 6.07 Å². The van der Waals surface area contributed by atoms with Crippen LogP contribution in [-0.2, 0) is 4.74 Å². The molecule has 0 spiro atoms. The van der Waals surface area contributed by atoms with Crippen LogP contribution in [0, 0.1) is 18.3 Å². The number of nitrogens with one attached hydrogen (secondary N) is 1. The van der Waals surface area contributed by atoms with Crippen molar-refractivity contribution in [1.29, 1.82) is 5.26 Å². The first-order chi connectivity index (χ1) is 11.7. The molecule has 7 heteroatoms. The van der Waals surface area contributed by atoms with Crippen LogP contribution in [0.1, 0.15) is 23.2 Å². The number of hydrogen-bond donors (Lipinski definition) is 1. The van der Waals surface area contributed by atoms with Gasteiger partial charge in [0.2, 0.25) is 11.6 Å². The molecule has 0 amide bonds. The first kappa shape index (κ1) is 16.8. The van der Waals surface area contributed by atoms with Crippen LogP contribution in [0.3, 0.4) is 0 Å². The molecule has 126 valence electrons. The predicted molar refractivity (Wildman–Crippen MR) is 91.0 cm³/mol. The number of anilines is 1. The lowest BCUT2D eigenvalue weighted by Crippen LogP contribution is -2.41. The van der Waals surface area contributed by atoms with Crippen molar-refractivity contribution in [2.75, 3.05) is 38.2 Å². The van der Waals surface area contributed by atoms with E-state index < -0.39 is 0 Å². The third-order valence-corrected chi connectivity index (χ3v) is 4.39. The van der Waals surface area contributed by atoms with Crippen molar-refractivity contribution in [1.82, 2.24) is 9.88 Å². The van der Waals surface area contributed by atoms with Crippen molar-refractivity contribution < 1.29 is 9.15 Å². The molecule has 0 radical (unpaired) electrons. The zero-order valence-corrected chi connectivity index (χ0v) is 14.2. The van der Waals surface area contributed by atoms with Crippen LogP contribution in [0.2, 0.25) is 5.02 Å². The first-order valence-electron chi connectivity index (χ1n) is 7.86. The summed E-state index contributed by atoms with van der Waals surface area (Å²) in [5.74, 6) is 0.870. The van der Waals surface area contributed by atoms with Gasteiger partial charge in [0.15, 0.2) is 5.89 Å². The van der Waals surface area contributed by atoms with Crippen molar-refractivity contribution in [2.24, 2.45) is 0 Å². The Bertz CT molecular complexity index is 734. The number of aromatic nitrogens is 1. The van der Waals surface area contributed by atoms with Gasteiger partial charge in [-0.25, -0.2) is 4.98 Å². The monoisotopic (exact) mass is 346 g/mol. The van der Waals surface area contributed by atoms with Gasteiger partial charge >= 0.3 is 0 Å². The molecule has 0 unspecified atom stereocenters. The molecule has 0 bridgehead atoms. The van der Waals surface area contributed by atoms with E-state index in [1.807, 2.05) is 30.3 Å². The summed E-state index contributed by atoms with van der Waals surface area (Å²) in [6.45, 7) is 5.35. The van der Waals surface area contributed by atoms with E-state index in [0.717, 1.165) is 23.7 Å². The molecule has 0 aliphatic carbocycles. The number of nitriles is 1. The fourth-order valence-electron chi connectivity index (χ4n) is 2.88. The summed E-state index contributed by atoms with van der Waals surface area (Å²) in [5, 5.41) is 13.1. The molecule has 1 fully saturated rings. The Hall–Kier alpha value is -2.07. The average Bonchev–Trinajstić information content (AvgIpc) is 2.97. The normalized spacial score (nSPS) is 16.5. The number of oxazole rings is 1. The Morgan fingerprint density at radius 1 is 1.38 bits per heavy atom. The number of rotatable bonds is 5. The summed E-state index contributed by atoms with van der Waals surface area (Å²) in [4.78, 5) is 6.39. The van der Waals surface area contributed by atoms with Crippen LogP contribution in [0.15, 0.2) is 28.7 Å². The van der Waals surface area contributed by atoms with Crippen LogP contribution in [0.4, 0.5) is 5.88 Å². The van der Waals surface area contributed by atoms with Gasteiger partial charge in [-0.05, 0) is 11.6 Å². The Morgan fingerprint density at radius 3 is 2.83 bits per heavy atom. The van der Waals surface area contributed by atoms with Gasteiger partial charge in [-0.2, -0.15) is 5.26 Å². The maximum absolute atomic E-state index is 9.15. The van der Waals surface area contributed by atoms with E-state index in [1.165, 1.54) is 0 Å². The van der Waals surface area contributed by atoms with Gasteiger partial charge in [0.25, 0.3) is 0 Å². The number of halogens is 1. The fourth-order valence-corrected chi connectivity index (χ4v) is 3.14. The molecule has 3 rings (SSSR count). The van der Waals surface area contributed by atoms with Crippen LogP contribution in [-0.4, -0.2) is 42.7 Å². The zero-order chi connectivity index (χ0) is 16.9. The average molecular weight is 347 g/mol. The van der Waals surface area contributed by atoms with E-state index in [1.54, 1.807) is 6.92 Å². The van der Waals surface area contributed by atoms with Crippen molar-refractivity contribution >= 4 is 17.5 Å². The number of morpholine rings is 1. The minimum absolute atomic E-state index is 0.0551. The smallest absolute Gasteiger partial charge is 0.232 e. The molecule has 1 aliphatic rings. The summed E-state index contributed by atoms with van der Waals surface area (Å²) in [7, 11) is 0. The first-order valence-corrected chi connectivity index (χ1v) is 8.24. The highest BCUT2D eigenvalue weighted by Crippen LogP contribution is 2.29. The zero-order valence-electron chi connectivity index (χ0n) is 13.5. The van der Waals surface area contributed by atoms with Crippen LogP contribution in [0.5, 0.6) is 0 Å². The summed E-state index contributed by atoms with van der Waals surface area (Å²) >= 11 is 6.41. The molecule has 1 atom stereocenters. The van der Waals surface area contributed by atoms with E-state index in [2.05, 4.69) is 15.2 Å². The molecule has 2 heterocycles. The third kappa shape index (κ3) is 3.70. The molecule has 6 nitrogen and oxygen atoms in total. The summed E-state index contributed by atoms with van der Waals surface area (Å²) in [6, 6.07) is 9.92. The minimum Gasteiger partial charge on any atom is -0.424 e. The Balaban J connectivity index is 1.82. The van der Waals surface area contributed by atoms with E-state index in [0.29, 0.717) is 31.5 Å². The summed E-state index contributed by atoms with van der Waals surface area (Å²) in [6.07, 6.45) is 0. The molecular weight excluding hydrogens is 328 g/mol. The highest BCUT2D eigenvalue weighted by atomic mass is 35.5. The third-order valence-electron chi connectivity index (χ3n) is 4.05. The maximum atomic E-state index is 9.15. The topological polar surface area (TPSA) is 74.3 Å². The largest absolute Gasteiger partial charge is 0.424 e. The van der Waals surface area contributed by atoms with Gasteiger partial charge in [-0.15, -0.1) is 0 Å². The Morgan fingerprint density at radius 2 is 2.12 bits per heavy atom. The second-order valence-corrected chi connectivity index (χ2v) is 6.00. The van der Waals surface area contributed by atoms with Gasteiger partial charge in [0, 0.05) is 31.6 Å². The molecule has 0 saturated carbocycles. The maximum Gasteiger partial charge on any atom is 0.232 e. The molecule has 1 aliphatic heterocycles. The Labute approximate surface area is 146 Å². The van der Waals surface area contributed by atoms with Crippen molar-refractivity contribution in [3.05, 3.63) is 46.4 Å². The Kier molecular flexibility index (Phi) is 5.36. The summed E-state index contributed by atoms with van der Waals surface area (Å²) in [5.41, 5.74) is 1.32. The standard InChI is InChI=1S/C17H19ClN4O2/c1-12-21-15(10-19)17(24-12)20-11-16(22-6-8-23-9-7-22)13-4-2-3-5-14(13)18/h2-5,16,20H,6-9,11H2,1H3/t16-/m0/s1. The number of benzene rings is 1. The van der Waals surface area contributed by atoms with Gasteiger partial charge in [0.05, 0.1) is 19.3 Å². The van der Waals surface area contributed by atoms with Gasteiger partial charge in [0.1, 0.15) is 6.07 Å². The van der Waals surface area contributed by atoms with Crippen LogP contribution < -0.4 is 5.32 Å². The molecule has 1 aromatic heterocycles. The fraction of sp³-hybridized carbons (Fsp3) is 0.412. The lowest BCUT2D eigenvalue weighted by molar-refractivity contribution is 0.0186. The van der Waals surface area contributed by atoms with E-state index >= 15 is 0 Å². The molecule has 1 aromatic carbocycles. The van der Waals surface area contributed by atoms with E-state index in [9.17, 15) is 0 Å². The second kappa shape index (κ2) is 7.67. The molecule has 1 saturated heterocycles. The quantitative estimate of drug-likeness (QED) is 0.897. The van der Waals surface area contributed by atoms with Crippen molar-refractivity contribution in [3.63, 3.8) is 0 Å². The van der Waals surface area contributed by atoms with Crippen LogP contribution >= 0.6 is 11.6 Å². The highest BCUT2D eigenvalue weighted by molar-refractivity contribution is 6.31. The summed E-state index contributed by atoms with van der Waals surface area (Å²) < 4.78 is 10.9. The number of nitrogens with zero attached hydrogens (tertiary/aromatic N) is 3.